The third-order valence-electron chi connectivity index (χ3n) is 3.81. The number of para-hydroxylation sites is 1. The highest BCUT2D eigenvalue weighted by Crippen LogP contribution is 2.30. The summed E-state index contributed by atoms with van der Waals surface area (Å²) in [5, 5.41) is 4.13. The highest BCUT2D eigenvalue weighted by Gasteiger charge is 2.18. The fourth-order valence-corrected chi connectivity index (χ4v) is 3.70. The predicted molar refractivity (Wildman–Crippen MR) is 103 cm³/mol. The van der Waals surface area contributed by atoms with E-state index in [1.165, 1.54) is 17.5 Å². The fraction of sp³-hybridized carbons (Fsp3) is 0.0526. The first kappa shape index (κ1) is 16.6. The Morgan fingerprint density at radius 2 is 1.81 bits per heavy atom. The van der Waals surface area contributed by atoms with Crippen molar-refractivity contribution in [2.24, 2.45) is 0 Å². The van der Waals surface area contributed by atoms with Crippen LogP contribution in [0.15, 0.2) is 60.9 Å². The van der Waals surface area contributed by atoms with E-state index in [2.05, 4.69) is 20.3 Å². The number of nitrogens with zero attached hydrogens (tertiary/aromatic N) is 3. The zero-order chi connectivity index (χ0) is 17.9. The molecule has 5 nitrogen and oxygen atoms in total. The number of halogens is 1. The van der Waals surface area contributed by atoms with Gasteiger partial charge in [-0.05, 0) is 23.8 Å². The lowest BCUT2D eigenvalue weighted by Crippen LogP contribution is -2.25. The normalized spacial score (nSPS) is 10.8. The molecule has 0 unspecified atom stereocenters. The summed E-state index contributed by atoms with van der Waals surface area (Å²) in [6.07, 6.45) is 3.06. The molecule has 0 fully saturated rings. The molecule has 0 spiro atoms. The van der Waals surface area contributed by atoms with Crippen LogP contribution >= 0.6 is 22.9 Å². The molecule has 4 aromatic rings. The summed E-state index contributed by atoms with van der Waals surface area (Å²) in [7, 11) is 0. The molecule has 0 bridgehead atoms. The van der Waals surface area contributed by atoms with E-state index in [4.69, 9.17) is 11.6 Å². The van der Waals surface area contributed by atoms with E-state index in [0.717, 1.165) is 15.8 Å². The van der Waals surface area contributed by atoms with E-state index < -0.39 is 0 Å². The van der Waals surface area contributed by atoms with Gasteiger partial charge in [0.1, 0.15) is 10.7 Å². The van der Waals surface area contributed by atoms with Gasteiger partial charge in [-0.1, -0.05) is 41.9 Å². The van der Waals surface area contributed by atoms with E-state index in [0.29, 0.717) is 22.3 Å². The lowest BCUT2D eigenvalue weighted by Gasteiger charge is -2.08. The highest BCUT2D eigenvalue weighted by atomic mass is 35.5. The minimum Gasteiger partial charge on any atom is -0.346 e. The molecule has 2 heterocycles. The highest BCUT2D eigenvalue weighted by molar-refractivity contribution is 7.21. The van der Waals surface area contributed by atoms with E-state index in [9.17, 15) is 4.79 Å². The molecule has 0 radical (unpaired) electrons. The van der Waals surface area contributed by atoms with Crippen molar-refractivity contribution < 1.29 is 4.79 Å². The number of thiazole rings is 1. The van der Waals surface area contributed by atoms with Crippen molar-refractivity contribution >= 4 is 39.1 Å². The molecule has 0 saturated carbocycles. The van der Waals surface area contributed by atoms with Gasteiger partial charge in [-0.3, -0.25) is 4.79 Å². The number of aromatic nitrogens is 3. The van der Waals surface area contributed by atoms with Crippen molar-refractivity contribution in [1.29, 1.82) is 0 Å². The van der Waals surface area contributed by atoms with Crippen molar-refractivity contribution in [3.8, 4) is 10.7 Å². The second-order valence-corrected chi connectivity index (χ2v) is 6.95. The molecule has 2 aromatic carbocycles. The van der Waals surface area contributed by atoms with E-state index in [1.807, 2.05) is 42.5 Å². The van der Waals surface area contributed by atoms with Gasteiger partial charge in [-0.15, -0.1) is 11.3 Å². The molecule has 26 heavy (non-hydrogen) atoms. The third kappa shape index (κ3) is 3.29. The van der Waals surface area contributed by atoms with Gasteiger partial charge in [0.25, 0.3) is 5.91 Å². The number of hydrogen-bond acceptors (Lipinski definition) is 5. The first-order valence-electron chi connectivity index (χ1n) is 7.91. The molecule has 0 saturated heterocycles. The Bertz CT molecular complexity index is 1060. The number of rotatable bonds is 4. The van der Waals surface area contributed by atoms with Crippen molar-refractivity contribution in [3.63, 3.8) is 0 Å². The van der Waals surface area contributed by atoms with Crippen molar-refractivity contribution in [2.45, 2.75) is 6.54 Å². The van der Waals surface area contributed by atoms with E-state index in [1.54, 1.807) is 12.3 Å². The summed E-state index contributed by atoms with van der Waals surface area (Å²) in [6, 6.07) is 15.2. The van der Waals surface area contributed by atoms with Gasteiger partial charge in [0, 0.05) is 24.0 Å². The zero-order valence-corrected chi connectivity index (χ0v) is 15.1. The van der Waals surface area contributed by atoms with Crippen LogP contribution in [0, 0.1) is 0 Å². The van der Waals surface area contributed by atoms with E-state index >= 15 is 0 Å². The Balaban J connectivity index is 1.63. The van der Waals surface area contributed by atoms with Gasteiger partial charge in [-0.2, -0.15) is 0 Å². The van der Waals surface area contributed by atoms with Gasteiger partial charge in [0.2, 0.25) is 0 Å². The average molecular weight is 381 g/mol. The van der Waals surface area contributed by atoms with Crippen LogP contribution in [0.4, 0.5) is 0 Å². The van der Waals surface area contributed by atoms with Crippen LogP contribution in [0.2, 0.25) is 5.02 Å². The summed E-state index contributed by atoms with van der Waals surface area (Å²) in [4.78, 5) is 25.8. The smallest absolute Gasteiger partial charge is 0.272 e. The number of benzene rings is 2. The van der Waals surface area contributed by atoms with Gasteiger partial charge in [0.05, 0.1) is 10.2 Å². The number of amides is 1. The number of nitrogens with one attached hydrogen (secondary N) is 1. The Labute approximate surface area is 158 Å². The van der Waals surface area contributed by atoms with Crippen LogP contribution < -0.4 is 5.32 Å². The summed E-state index contributed by atoms with van der Waals surface area (Å²) >= 11 is 7.62. The molecule has 0 aliphatic carbocycles. The standard InChI is InChI=1S/C19H13ClN4OS/c20-13-6-2-1-5-12(13)11-23-18(25)16-17(22-10-9-21-16)19-24-14-7-3-4-8-15(14)26-19/h1-10H,11H2,(H,23,25). The van der Waals surface area contributed by atoms with Gasteiger partial charge in [0.15, 0.2) is 5.69 Å². The lowest BCUT2D eigenvalue weighted by atomic mass is 10.2. The quantitative estimate of drug-likeness (QED) is 0.572. The molecule has 1 amide bonds. The molecular formula is C19H13ClN4OS. The maximum Gasteiger partial charge on any atom is 0.272 e. The van der Waals surface area contributed by atoms with Crippen molar-refractivity contribution in [2.75, 3.05) is 0 Å². The van der Waals surface area contributed by atoms with Crippen LogP contribution in [0.25, 0.3) is 20.9 Å². The lowest BCUT2D eigenvalue weighted by molar-refractivity contribution is 0.0946. The molecule has 128 valence electrons. The van der Waals surface area contributed by atoms with Crippen LogP contribution in [0.1, 0.15) is 16.1 Å². The predicted octanol–water partition coefficient (Wildman–Crippen LogP) is 4.34. The summed E-state index contributed by atoms with van der Waals surface area (Å²) < 4.78 is 1.04. The minimum absolute atomic E-state index is 0.249. The second kappa shape index (κ2) is 7.19. The number of fused-ring (bicyclic) bond motifs is 1. The van der Waals surface area contributed by atoms with Crippen LogP contribution in [-0.2, 0) is 6.54 Å². The monoisotopic (exact) mass is 380 g/mol. The van der Waals surface area contributed by atoms with Crippen molar-refractivity contribution in [3.05, 3.63) is 77.2 Å². The third-order valence-corrected chi connectivity index (χ3v) is 5.22. The first-order valence-corrected chi connectivity index (χ1v) is 9.10. The fourth-order valence-electron chi connectivity index (χ4n) is 2.54. The van der Waals surface area contributed by atoms with Gasteiger partial charge >= 0.3 is 0 Å². The van der Waals surface area contributed by atoms with Crippen LogP contribution in [0.3, 0.4) is 0 Å². The Morgan fingerprint density at radius 3 is 2.65 bits per heavy atom. The maximum atomic E-state index is 12.7. The molecule has 2 aromatic heterocycles. The molecule has 0 aliphatic rings. The Hall–Kier alpha value is -2.83. The number of carbonyl (C=O) groups is 1. The minimum atomic E-state index is -0.313. The van der Waals surface area contributed by atoms with Gasteiger partial charge in [-0.25, -0.2) is 15.0 Å². The second-order valence-electron chi connectivity index (χ2n) is 5.51. The molecule has 4 rings (SSSR count). The molecule has 7 heteroatoms. The maximum absolute atomic E-state index is 12.7. The summed E-state index contributed by atoms with van der Waals surface area (Å²) in [6.45, 7) is 0.314. The summed E-state index contributed by atoms with van der Waals surface area (Å²) in [5.74, 6) is -0.313. The Morgan fingerprint density at radius 1 is 1.04 bits per heavy atom. The number of hydrogen-bond donors (Lipinski definition) is 1. The molecule has 0 aliphatic heterocycles. The molecular weight excluding hydrogens is 368 g/mol. The van der Waals surface area contributed by atoms with Gasteiger partial charge < -0.3 is 5.32 Å². The average Bonchev–Trinajstić information content (AvgIpc) is 3.11. The van der Waals surface area contributed by atoms with Crippen molar-refractivity contribution in [1.82, 2.24) is 20.3 Å². The topological polar surface area (TPSA) is 67.8 Å². The summed E-state index contributed by atoms with van der Waals surface area (Å²) in [5.41, 5.74) is 2.44. The molecule has 0 atom stereocenters. The number of carbonyl (C=O) groups excluding carboxylic acids is 1. The zero-order valence-electron chi connectivity index (χ0n) is 13.5. The van der Waals surface area contributed by atoms with Crippen LogP contribution in [0.5, 0.6) is 0 Å². The van der Waals surface area contributed by atoms with E-state index in [-0.39, 0.29) is 11.6 Å². The first-order chi connectivity index (χ1) is 12.7. The SMILES string of the molecule is O=C(NCc1ccccc1Cl)c1nccnc1-c1nc2ccccc2s1. The largest absolute Gasteiger partial charge is 0.346 e. The molecule has 1 N–H and O–H groups in total. The Kier molecular flexibility index (Phi) is 4.60. The van der Waals surface area contributed by atoms with Crippen LogP contribution in [-0.4, -0.2) is 20.9 Å².